The van der Waals surface area contributed by atoms with Crippen LogP contribution >= 0.6 is 22.7 Å². The number of hydrogen-bond donors (Lipinski definition) is 1. The Bertz CT molecular complexity index is 2890. The van der Waals surface area contributed by atoms with Crippen LogP contribution in [0.3, 0.4) is 0 Å². The van der Waals surface area contributed by atoms with Crippen molar-refractivity contribution < 1.29 is 9.90 Å². The molecule has 0 bridgehead atoms. The summed E-state index contributed by atoms with van der Waals surface area (Å²) >= 11 is 3.98. The van der Waals surface area contributed by atoms with Gasteiger partial charge in [-0.15, -0.1) is 22.7 Å². The molecule has 0 saturated heterocycles. The first kappa shape index (κ1) is 47.1. The zero-order chi connectivity index (χ0) is 47.3. The van der Waals surface area contributed by atoms with Gasteiger partial charge in [-0.05, 0) is 124 Å². The number of fused-ring (bicyclic) bond motifs is 6. The highest BCUT2D eigenvalue weighted by atomic mass is 32.1. The van der Waals surface area contributed by atoms with E-state index in [4.69, 9.17) is 0 Å². The smallest absolute Gasteiger partial charge is 0.346 e. The molecule has 4 nitrogen and oxygen atoms in total. The van der Waals surface area contributed by atoms with E-state index in [1.54, 1.807) is 11.1 Å². The SMILES string of the molecule is CCCCCCCCC1(CCCCCCCC)c2cc(-c3ccc(N(c4ccccc4)c4ccccc4)cc3)sc2-c2sc(-c3ccc4c(c3)C(C)(C)c3cc(C=C(C#N)C(=O)O)ccc3-4)cc21. The van der Waals surface area contributed by atoms with Crippen molar-refractivity contribution in [1.82, 2.24) is 0 Å². The van der Waals surface area contributed by atoms with Crippen LogP contribution < -0.4 is 4.90 Å². The quantitative estimate of drug-likeness (QED) is 0.0443. The van der Waals surface area contributed by atoms with Crippen molar-refractivity contribution in [3.8, 4) is 47.8 Å². The third-order valence-corrected chi connectivity index (χ3v) is 17.2. The molecule has 2 aliphatic rings. The molecule has 0 atom stereocenters. The van der Waals surface area contributed by atoms with Crippen molar-refractivity contribution >= 4 is 51.8 Å². The van der Waals surface area contributed by atoms with Gasteiger partial charge in [0, 0.05) is 47.4 Å². The van der Waals surface area contributed by atoms with Crippen molar-refractivity contribution in [2.24, 2.45) is 0 Å². The minimum absolute atomic E-state index is 0.0184. The van der Waals surface area contributed by atoms with E-state index in [0.717, 1.165) is 28.2 Å². The number of hydrogen-bond acceptors (Lipinski definition) is 5. The number of rotatable bonds is 21. The Morgan fingerprint density at radius 3 is 1.57 bits per heavy atom. The number of nitriles is 1. The molecule has 1 N–H and O–H groups in total. The summed E-state index contributed by atoms with van der Waals surface area (Å²) in [6.07, 6.45) is 19.3. The van der Waals surface area contributed by atoms with Crippen molar-refractivity contribution in [1.29, 1.82) is 5.26 Å². The number of carboxylic acid groups (broad SMARTS) is 1. The molecule has 0 fully saturated rings. The lowest BCUT2D eigenvalue weighted by Gasteiger charge is -2.31. The second kappa shape index (κ2) is 20.7. The maximum atomic E-state index is 11.7. The fraction of sp³-hybridized carbons (Fsp3) is 0.323. The maximum Gasteiger partial charge on any atom is 0.346 e. The molecule has 5 aromatic carbocycles. The number of anilines is 3. The third kappa shape index (κ3) is 9.28. The summed E-state index contributed by atoms with van der Waals surface area (Å²) in [4.78, 5) is 19.6. The van der Waals surface area contributed by atoms with Crippen molar-refractivity contribution in [2.45, 2.75) is 128 Å². The lowest BCUT2D eigenvalue weighted by atomic mass is 9.71. The van der Waals surface area contributed by atoms with Gasteiger partial charge in [-0.1, -0.05) is 184 Å². The van der Waals surface area contributed by atoms with Crippen molar-refractivity contribution in [3.05, 3.63) is 167 Å². The van der Waals surface area contributed by atoms with Crippen LogP contribution in [0.1, 0.15) is 145 Å². The average Bonchev–Trinajstić information content (AvgIpc) is 4.11. The Hall–Kier alpha value is -6.00. The molecule has 68 heavy (non-hydrogen) atoms. The van der Waals surface area contributed by atoms with E-state index in [0.29, 0.717) is 0 Å². The molecule has 2 heterocycles. The topological polar surface area (TPSA) is 64.3 Å². The molecule has 346 valence electrons. The lowest BCUT2D eigenvalue weighted by molar-refractivity contribution is -0.132. The van der Waals surface area contributed by atoms with Gasteiger partial charge in [0.25, 0.3) is 0 Å². The van der Waals surface area contributed by atoms with Crippen molar-refractivity contribution in [3.63, 3.8) is 0 Å². The Labute approximate surface area is 412 Å². The summed E-state index contributed by atoms with van der Waals surface area (Å²) in [5.41, 5.74) is 14.0. The number of unbranched alkanes of at least 4 members (excludes halogenated alkanes) is 10. The van der Waals surface area contributed by atoms with Crippen LogP contribution in [0.4, 0.5) is 17.1 Å². The zero-order valence-corrected chi connectivity index (χ0v) is 41.9. The van der Waals surface area contributed by atoms with Gasteiger partial charge < -0.3 is 10.0 Å². The highest BCUT2D eigenvalue weighted by molar-refractivity contribution is 7.25. The predicted octanol–water partition coefficient (Wildman–Crippen LogP) is 18.7. The Morgan fingerprint density at radius 1 is 0.574 bits per heavy atom. The first-order chi connectivity index (χ1) is 33.2. The number of para-hydroxylation sites is 2. The summed E-state index contributed by atoms with van der Waals surface area (Å²) < 4.78 is 0. The Balaban J connectivity index is 1.10. The molecule has 0 unspecified atom stereocenters. The van der Waals surface area contributed by atoms with Crippen LogP contribution in [0.2, 0.25) is 0 Å². The minimum atomic E-state index is -1.21. The molecule has 6 heteroatoms. The molecule has 9 rings (SSSR count). The number of aliphatic carboxylic acids is 1. The highest BCUT2D eigenvalue weighted by Crippen LogP contribution is 2.62. The van der Waals surface area contributed by atoms with Crippen LogP contribution in [0, 0.1) is 11.3 Å². The van der Waals surface area contributed by atoms with Crippen LogP contribution in [-0.4, -0.2) is 11.1 Å². The summed E-state index contributed by atoms with van der Waals surface area (Å²) in [6, 6.07) is 50.7. The normalized spacial score (nSPS) is 14.0. The molecule has 0 saturated carbocycles. The van der Waals surface area contributed by atoms with Crippen LogP contribution in [0.25, 0.3) is 47.8 Å². The fourth-order valence-corrected chi connectivity index (χ4v) is 13.7. The first-order valence-electron chi connectivity index (χ1n) is 25.1. The largest absolute Gasteiger partial charge is 0.477 e. The molecule has 0 aliphatic heterocycles. The fourth-order valence-electron chi connectivity index (χ4n) is 11.0. The number of nitrogens with zero attached hydrogens (tertiary/aromatic N) is 2. The molecule has 2 aromatic heterocycles. The van der Waals surface area contributed by atoms with Gasteiger partial charge in [-0.2, -0.15) is 5.26 Å². The molecular weight excluding hydrogens is 869 g/mol. The molecule has 0 amide bonds. The van der Waals surface area contributed by atoms with Crippen LogP contribution in [-0.2, 0) is 15.6 Å². The molecule has 0 spiro atoms. The monoisotopic (exact) mass is 932 g/mol. The number of benzene rings is 5. The van der Waals surface area contributed by atoms with E-state index in [2.05, 4.69) is 160 Å². The number of carbonyl (C=O) groups is 1. The average molecular weight is 933 g/mol. The van der Waals surface area contributed by atoms with Gasteiger partial charge in [-0.3, -0.25) is 0 Å². The summed E-state index contributed by atoms with van der Waals surface area (Å²) in [5, 5.41) is 19.0. The second-order valence-corrected chi connectivity index (χ2v) is 21.6. The molecule has 2 aliphatic carbocycles. The summed E-state index contributed by atoms with van der Waals surface area (Å²) in [5.74, 6) is -1.21. The van der Waals surface area contributed by atoms with Crippen LogP contribution in [0.15, 0.2) is 139 Å². The van der Waals surface area contributed by atoms with Gasteiger partial charge in [-0.25, -0.2) is 4.79 Å². The van der Waals surface area contributed by atoms with Crippen molar-refractivity contribution in [2.75, 3.05) is 4.90 Å². The van der Waals surface area contributed by atoms with Crippen LogP contribution in [0.5, 0.6) is 0 Å². The van der Waals surface area contributed by atoms with E-state index in [1.165, 1.54) is 143 Å². The highest BCUT2D eigenvalue weighted by Gasteiger charge is 2.46. The zero-order valence-electron chi connectivity index (χ0n) is 40.2. The van der Waals surface area contributed by atoms with E-state index >= 15 is 0 Å². The summed E-state index contributed by atoms with van der Waals surface area (Å²) in [6.45, 7) is 9.15. The Kier molecular flexibility index (Phi) is 14.3. The predicted molar refractivity (Wildman–Crippen MR) is 289 cm³/mol. The maximum absolute atomic E-state index is 11.7. The Morgan fingerprint density at radius 2 is 1.04 bits per heavy atom. The number of carboxylic acids is 1. The summed E-state index contributed by atoms with van der Waals surface area (Å²) in [7, 11) is 0. The van der Waals surface area contributed by atoms with E-state index in [-0.39, 0.29) is 16.4 Å². The molecule has 7 aromatic rings. The van der Waals surface area contributed by atoms with Gasteiger partial charge >= 0.3 is 5.97 Å². The standard InChI is InChI=1S/C62H64N2O2S2/c1-5-7-9-11-13-21-35-62(36-22-14-12-10-8-6-2)54-40-56(44-28-31-49(32-29-44)64(47-23-17-15-18-24-47)48-25-19-16-20-26-48)67-58(54)59-55(62)41-57(68-59)45-30-34-51-50-33-27-43(37-46(42-63)60(65)66)38-52(50)61(3,4)53(51)39-45/h15-20,23-34,37-41H,5-14,21-22,35-36H2,1-4H3,(H,65,66). The van der Waals surface area contributed by atoms with E-state index in [1.807, 2.05) is 34.8 Å². The third-order valence-electron chi connectivity index (χ3n) is 14.7. The van der Waals surface area contributed by atoms with E-state index < -0.39 is 5.97 Å². The molecule has 0 radical (unpaired) electrons. The number of thiophene rings is 2. The second-order valence-electron chi connectivity index (χ2n) is 19.5. The van der Waals surface area contributed by atoms with Gasteiger partial charge in [0.05, 0.1) is 0 Å². The van der Waals surface area contributed by atoms with Gasteiger partial charge in [0.2, 0.25) is 0 Å². The minimum Gasteiger partial charge on any atom is -0.477 e. The van der Waals surface area contributed by atoms with Gasteiger partial charge in [0.15, 0.2) is 0 Å². The first-order valence-corrected chi connectivity index (χ1v) is 26.7. The lowest BCUT2D eigenvalue weighted by Crippen LogP contribution is -2.25. The molecular formula is C62H64N2O2S2. The van der Waals surface area contributed by atoms with E-state index in [9.17, 15) is 15.2 Å². The van der Waals surface area contributed by atoms with Gasteiger partial charge in [0.1, 0.15) is 11.6 Å².